The van der Waals surface area contributed by atoms with Gasteiger partial charge in [0.15, 0.2) is 0 Å². The first-order valence-corrected chi connectivity index (χ1v) is 7.62. The summed E-state index contributed by atoms with van der Waals surface area (Å²) in [7, 11) is 2.20. The Kier molecular flexibility index (Phi) is 3.73. The van der Waals surface area contributed by atoms with E-state index in [4.69, 9.17) is 0 Å². The lowest BCUT2D eigenvalue weighted by atomic mass is 9.85. The van der Waals surface area contributed by atoms with Crippen LogP contribution in [0.1, 0.15) is 49.1 Å². The van der Waals surface area contributed by atoms with E-state index >= 15 is 0 Å². The summed E-state index contributed by atoms with van der Waals surface area (Å²) in [6.45, 7) is 2.35. The fraction of sp³-hybridized carbons (Fsp3) is 0.588. The molecule has 1 atom stereocenters. The highest BCUT2D eigenvalue weighted by atomic mass is 16.1. The van der Waals surface area contributed by atoms with E-state index in [1.54, 1.807) is 6.08 Å². The maximum atomic E-state index is 10.7. The van der Waals surface area contributed by atoms with Crippen molar-refractivity contribution in [3.63, 3.8) is 0 Å². The van der Waals surface area contributed by atoms with Gasteiger partial charge < -0.3 is 4.90 Å². The van der Waals surface area contributed by atoms with Gasteiger partial charge in [-0.2, -0.15) is 4.99 Å². The highest BCUT2D eigenvalue weighted by molar-refractivity contribution is 5.45. The Morgan fingerprint density at radius 3 is 2.80 bits per heavy atom. The standard InChI is InChI=1S/C17H22N2O/c1-19-11-4-5-14(8-12-19)15-6-2-3-7-16(15)17(9-10-17)18-13-20/h2-3,6-7,14H,4-5,8-12H2,1H3. The van der Waals surface area contributed by atoms with Crippen molar-refractivity contribution in [1.29, 1.82) is 0 Å². The van der Waals surface area contributed by atoms with Crippen LogP contribution in [0.25, 0.3) is 0 Å². The van der Waals surface area contributed by atoms with Gasteiger partial charge in [-0.3, -0.25) is 0 Å². The molecule has 3 rings (SSSR count). The van der Waals surface area contributed by atoms with Gasteiger partial charge in [0.2, 0.25) is 6.08 Å². The summed E-state index contributed by atoms with van der Waals surface area (Å²) in [5.74, 6) is 0.607. The molecule has 0 N–H and O–H groups in total. The molecule has 1 aromatic carbocycles. The summed E-state index contributed by atoms with van der Waals surface area (Å²) in [5, 5.41) is 0. The molecule has 0 radical (unpaired) electrons. The maximum absolute atomic E-state index is 10.7. The second-order valence-electron chi connectivity index (χ2n) is 6.25. The molecule has 1 saturated carbocycles. The van der Waals surface area contributed by atoms with E-state index in [0.29, 0.717) is 5.92 Å². The van der Waals surface area contributed by atoms with E-state index in [-0.39, 0.29) is 5.54 Å². The average molecular weight is 270 g/mol. The molecule has 1 aliphatic heterocycles. The first-order chi connectivity index (χ1) is 9.75. The molecule has 3 nitrogen and oxygen atoms in total. The van der Waals surface area contributed by atoms with Gasteiger partial charge in [0.05, 0.1) is 5.54 Å². The van der Waals surface area contributed by atoms with Crippen molar-refractivity contribution in [2.75, 3.05) is 20.1 Å². The van der Waals surface area contributed by atoms with Gasteiger partial charge in [-0.25, -0.2) is 4.79 Å². The number of hydrogen-bond donors (Lipinski definition) is 0. The Balaban J connectivity index is 1.92. The molecule has 2 fully saturated rings. The van der Waals surface area contributed by atoms with Gasteiger partial charge in [0.25, 0.3) is 0 Å². The van der Waals surface area contributed by atoms with Crippen LogP contribution in [0, 0.1) is 0 Å². The van der Waals surface area contributed by atoms with Crippen LogP contribution in [0.5, 0.6) is 0 Å². The average Bonchev–Trinajstić information content (AvgIpc) is 3.25. The molecule has 1 aromatic rings. The Morgan fingerprint density at radius 2 is 2.05 bits per heavy atom. The van der Waals surface area contributed by atoms with Gasteiger partial charge in [0.1, 0.15) is 0 Å². The summed E-state index contributed by atoms with van der Waals surface area (Å²) < 4.78 is 0. The Bertz CT molecular complexity index is 530. The molecule has 0 bridgehead atoms. The molecule has 2 aliphatic rings. The van der Waals surface area contributed by atoms with E-state index in [0.717, 1.165) is 19.4 Å². The lowest BCUT2D eigenvalue weighted by Gasteiger charge is -2.21. The second-order valence-corrected chi connectivity index (χ2v) is 6.25. The van der Waals surface area contributed by atoms with Crippen molar-refractivity contribution in [3.05, 3.63) is 35.4 Å². The van der Waals surface area contributed by atoms with Crippen molar-refractivity contribution in [2.24, 2.45) is 4.99 Å². The van der Waals surface area contributed by atoms with Crippen molar-refractivity contribution < 1.29 is 4.79 Å². The number of rotatable bonds is 3. The molecule has 3 heteroatoms. The molecule has 1 aliphatic carbocycles. The minimum atomic E-state index is -0.240. The van der Waals surface area contributed by atoms with Crippen LogP contribution in [-0.4, -0.2) is 31.1 Å². The molecule has 106 valence electrons. The smallest absolute Gasteiger partial charge is 0.235 e. The minimum absolute atomic E-state index is 0.240. The Morgan fingerprint density at radius 1 is 1.25 bits per heavy atom. The molecule has 1 unspecified atom stereocenters. The Hall–Kier alpha value is -1.44. The highest BCUT2D eigenvalue weighted by Crippen LogP contribution is 2.52. The Labute approximate surface area is 120 Å². The lowest BCUT2D eigenvalue weighted by Crippen LogP contribution is -2.19. The van der Waals surface area contributed by atoms with Crippen molar-refractivity contribution in [2.45, 2.75) is 43.6 Å². The number of isocyanates is 1. The SMILES string of the molecule is CN1CCCC(c2ccccc2C2(N=C=O)CC2)CC1. The minimum Gasteiger partial charge on any atom is -0.306 e. The molecule has 1 heterocycles. The van der Waals surface area contributed by atoms with Crippen LogP contribution in [-0.2, 0) is 10.3 Å². The summed E-state index contributed by atoms with van der Waals surface area (Å²) in [5.41, 5.74) is 2.45. The summed E-state index contributed by atoms with van der Waals surface area (Å²) >= 11 is 0. The number of nitrogens with zero attached hydrogens (tertiary/aromatic N) is 2. The molecular weight excluding hydrogens is 248 g/mol. The van der Waals surface area contributed by atoms with E-state index < -0.39 is 0 Å². The molecule has 0 amide bonds. The molecule has 0 aromatic heterocycles. The van der Waals surface area contributed by atoms with Crippen molar-refractivity contribution in [3.8, 4) is 0 Å². The molecule has 1 saturated heterocycles. The fourth-order valence-corrected chi connectivity index (χ4v) is 3.47. The van der Waals surface area contributed by atoms with Gasteiger partial charge in [0, 0.05) is 0 Å². The topological polar surface area (TPSA) is 32.7 Å². The number of benzene rings is 1. The highest BCUT2D eigenvalue weighted by Gasteiger charge is 2.46. The summed E-state index contributed by atoms with van der Waals surface area (Å²) in [6, 6.07) is 8.60. The molecule has 0 spiro atoms. The van der Waals surface area contributed by atoms with Crippen molar-refractivity contribution in [1.82, 2.24) is 4.90 Å². The third-order valence-corrected chi connectivity index (χ3v) is 4.84. The van der Waals surface area contributed by atoms with Crippen LogP contribution < -0.4 is 0 Å². The third kappa shape index (κ3) is 2.56. The van der Waals surface area contributed by atoms with Crippen LogP contribution >= 0.6 is 0 Å². The fourth-order valence-electron chi connectivity index (χ4n) is 3.47. The predicted molar refractivity (Wildman–Crippen MR) is 79.6 cm³/mol. The third-order valence-electron chi connectivity index (χ3n) is 4.84. The van der Waals surface area contributed by atoms with Crippen molar-refractivity contribution >= 4 is 6.08 Å². The van der Waals surface area contributed by atoms with E-state index in [2.05, 4.69) is 41.2 Å². The number of likely N-dealkylation sites (tertiary alicyclic amines) is 1. The molecular formula is C17H22N2O. The van der Waals surface area contributed by atoms with Crippen LogP contribution in [0.3, 0.4) is 0 Å². The largest absolute Gasteiger partial charge is 0.306 e. The number of aliphatic imine (C=N–C) groups is 1. The quantitative estimate of drug-likeness (QED) is 0.624. The maximum Gasteiger partial charge on any atom is 0.235 e. The van der Waals surface area contributed by atoms with E-state index in [1.807, 2.05) is 0 Å². The zero-order valence-corrected chi connectivity index (χ0v) is 12.1. The zero-order valence-electron chi connectivity index (χ0n) is 12.1. The van der Waals surface area contributed by atoms with Gasteiger partial charge in [-0.1, -0.05) is 24.3 Å². The van der Waals surface area contributed by atoms with Crippen LogP contribution in [0.2, 0.25) is 0 Å². The lowest BCUT2D eigenvalue weighted by molar-refractivity contribution is 0.347. The first-order valence-electron chi connectivity index (χ1n) is 7.62. The zero-order chi connectivity index (χ0) is 14.0. The molecule has 20 heavy (non-hydrogen) atoms. The second kappa shape index (κ2) is 5.51. The number of hydrogen-bond acceptors (Lipinski definition) is 3. The van der Waals surface area contributed by atoms with Crippen LogP contribution in [0.15, 0.2) is 29.3 Å². The van der Waals surface area contributed by atoms with Gasteiger partial charge >= 0.3 is 0 Å². The van der Waals surface area contributed by atoms with E-state index in [1.165, 1.54) is 36.9 Å². The normalized spacial score (nSPS) is 25.6. The predicted octanol–water partition coefficient (Wildman–Crippen LogP) is 3.21. The van der Waals surface area contributed by atoms with E-state index in [9.17, 15) is 4.79 Å². The van der Waals surface area contributed by atoms with Gasteiger partial charge in [-0.05, 0) is 69.3 Å². The van der Waals surface area contributed by atoms with Gasteiger partial charge in [-0.15, -0.1) is 0 Å². The first kappa shape index (κ1) is 13.5. The monoisotopic (exact) mass is 270 g/mol. The van der Waals surface area contributed by atoms with Crippen LogP contribution in [0.4, 0.5) is 0 Å². The number of carbonyl (C=O) groups excluding carboxylic acids is 1. The summed E-state index contributed by atoms with van der Waals surface area (Å²) in [6.07, 6.45) is 7.46. The summed E-state index contributed by atoms with van der Waals surface area (Å²) in [4.78, 5) is 17.3.